The lowest BCUT2D eigenvalue weighted by Crippen LogP contribution is -2.19. The van der Waals surface area contributed by atoms with E-state index in [9.17, 15) is 0 Å². The highest BCUT2D eigenvalue weighted by Gasteiger charge is 2.24. The highest BCUT2D eigenvalue weighted by atomic mass is 14.3. The van der Waals surface area contributed by atoms with E-state index in [0.717, 1.165) is 23.7 Å². The Labute approximate surface area is 152 Å². The van der Waals surface area contributed by atoms with Crippen molar-refractivity contribution < 1.29 is 0 Å². The van der Waals surface area contributed by atoms with Crippen LogP contribution in [0.1, 0.15) is 103 Å². The topological polar surface area (TPSA) is 0 Å². The van der Waals surface area contributed by atoms with Gasteiger partial charge in [0.05, 0.1) is 0 Å². The molecule has 0 aromatic rings. The predicted octanol–water partition coefficient (Wildman–Crippen LogP) is 8.09. The van der Waals surface area contributed by atoms with Crippen molar-refractivity contribution in [3.63, 3.8) is 0 Å². The Morgan fingerprint density at radius 1 is 0.792 bits per heavy atom. The van der Waals surface area contributed by atoms with Crippen LogP contribution in [0, 0.1) is 23.7 Å². The minimum atomic E-state index is 0.996. The van der Waals surface area contributed by atoms with Gasteiger partial charge < -0.3 is 0 Å². The molecule has 0 bridgehead atoms. The quantitative estimate of drug-likeness (QED) is 0.280. The molecule has 0 heterocycles. The smallest absolute Gasteiger partial charge is 0.0320 e. The average molecular weight is 331 g/mol. The molecule has 0 spiro atoms. The number of rotatable bonds is 10. The molecule has 0 radical (unpaired) electrons. The highest BCUT2D eigenvalue weighted by molar-refractivity contribution is 4.85. The molecule has 2 saturated carbocycles. The van der Waals surface area contributed by atoms with E-state index in [-0.39, 0.29) is 0 Å². The molecule has 0 aromatic carbocycles. The molecule has 2 rings (SSSR count). The maximum Gasteiger partial charge on any atom is -0.0320 e. The molecule has 24 heavy (non-hydrogen) atoms. The van der Waals surface area contributed by atoms with Gasteiger partial charge in [0.15, 0.2) is 0 Å². The van der Waals surface area contributed by atoms with Crippen LogP contribution in [0.5, 0.6) is 0 Å². The van der Waals surface area contributed by atoms with Crippen LogP contribution < -0.4 is 0 Å². The van der Waals surface area contributed by atoms with E-state index in [2.05, 4.69) is 31.7 Å². The van der Waals surface area contributed by atoms with E-state index in [1.54, 1.807) is 0 Å². The van der Waals surface area contributed by atoms with Crippen LogP contribution in [0.4, 0.5) is 0 Å². The lowest BCUT2D eigenvalue weighted by atomic mass is 9.74. The molecule has 2 aliphatic rings. The summed E-state index contributed by atoms with van der Waals surface area (Å²) in [6.45, 7) is 6.04. The largest absolute Gasteiger partial charge is 0.103 e. The monoisotopic (exact) mass is 330 g/mol. The van der Waals surface area contributed by atoms with Crippen LogP contribution in [-0.4, -0.2) is 0 Å². The van der Waals surface area contributed by atoms with Crippen molar-refractivity contribution in [2.45, 2.75) is 103 Å². The van der Waals surface area contributed by atoms with Crippen molar-refractivity contribution in [3.8, 4) is 0 Å². The molecular formula is C24H42. The maximum absolute atomic E-state index is 3.87. The van der Waals surface area contributed by atoms with Gasteiger partial charge in [0.2, 0.25) is 0 Å². The normalized spacial score (nSPS) is 31.4. The second-order valence-corrected chi connectivity index (χ2v) is 8.65. The lowest BCUT2D eigenvalue weighted by molar-refractivity contribution is 0.213. The molecule has 2 aliphatic carbocycles. The Morgan fingerprint density at radius 2 is 1.42 bits per heavy atom. The van der Waals surface area contributed by atoms with Gasteiger partial charge in [0.25, 0.3) is 0 Å². The summed E-state index contributed by atoms with van der Waals surface area (Å²) in [5, 5.41) is 0. The molecule has 0 aromatic heterocycles. The molecule has 2 atom stereocenters. The fraction of sp³-hybridized carbons (Fsp3) is 0.833. The van der Waals surface area contributed by atoms with E-state index >= 15 is 0 Å². The number of unbranched alkanes of at least 4 members (excludes halogenated alkanes) is 1. The Morgan fingerprint density at radius 3 is 2.08 bits per heavy atom. The summed E-state index contributed by atoms with van der Waals surface area (Å²) in [5.74, 6) is 4.09. The molecule has 2 unspecified atom stereocenters. The van der Waals surface area contributed by atoms with E-state index in [4.69, 9.17) is 0 Å². The van der Waals surface area contributed by atoms with Crippen LogP contribution in [0.25, 0.3) is 0 Å². The van der Waals surface area contributed by atoms with Gasteiger partial charge in [-0.3, -0.25) is 0 Å². The first kappa shape index (κ1) is 19.8. The zero-order chi connectivity index (χ0) is 17.0. The predicted molar refractivity (Wildman–Crippen MR) is 108 cm³/mol. The standard InChI is InChI=1S/C24H42/c1-3-5-11-21-17-19-22(20-18-21)12-7-8-14-24-16-10-9-15-23(24)13-6-4-2/h3-4,6,21-24H,1,5,7-20H2,2H3. The van der Waals surface area contributed by atoms with Crippen LogP contribution in [0.3, 0.4) is 0 Å². The van der Waals surface area contributed by atoms with Gasteiger partial charge in [-0.1, -0.05) is 88.9 Å². The molecule has 2 fully saturated rings. The van der Waals surface area contributed by atoms with E-state index < -0.39 is 0 Å². The van der Waals surface area contributed by atoms with E-state index in [1.807, 2.05) is 0 Å². The van der Waals surface area contributed by atoms with Crippen molar-refractivity contribution in [2.24, 2.45) is 23.7 Å². The third kappa shape index (κ3) is 7.16. The second-order valence-electron chi connectivity index (χ2n) is 8.65. The van der Waals surface area contributed by atoms with Crippen LogP contribution in [-0.2, 0) is 0 Å². The molecule has 0 heteroatoms. The van der Waals surface area contributed by atoms with Gasteiger partial charge in [0.1, 0.15) is 0 Å². The van der Waals surface area contributed by atoms with Crippen molar-refractivity contribution in [1.82, 2.24) is 0 Å². The lowest BCUT2D eigenvalue weighted by Gasteiger charge is -2.31. The summed E-state index contributed by atoms with van der Waals surface area (Å²) in [6, 6.07) is 0. The third-order valence-electron chi connectivity index (χ3n) is 6.92. The Bertz CT molecular complexity index is 345. The molecule has 0 aliphatic heterocycles. The minimum absolute atomic E-state index is 0.996. The fourth-order valence-corrected chi connectivity index (χ4v) is 5.29. The van der Waals surface area contributed by atoms with Crippen LogP contribution in [0.2, 0.25) is 0 Å². The van der Waals surface area contributed by atoms with Gasteiger partial charge >= 0.3 is 0 Å². The molecule has 0 nitrogen and oxygen atoms in total. The van der Waals surface area contributed by atoms with Gasteiger partial charge in [-0.15, -0.1) is 6.58 Å². The summed E-state index contributed by atoms with van der Waals surface area (Å²) in [4.78, 5) is 0. The average Bonchev–Trinajstić information content (AvgIpc) is 2.63. The number of allylic oxidation sites excluding steroid dienone is 3. The van der Waals surface area contributed by atoms with Gasteiger partial charge in [-0.25, -0.2) is 0 Å². The fourth-order valence-electron chi connectivity index (χ4n) is 5.29. The highest BCUT2D eigenvalue weighted by Crippen LogP contribution is 2.37. The van der Waals surface area contributed by atoms with Crippen molar-refractivity contribution in [3.05, 3.63) is 24.8 Å². The first-order valence-electron chi connectivity index (χ1n) is 11.1. The zero-order valence-electron chi connectivity index (χ0n) is 16.4. The summed E-state index contributed by atoms with van der Waals surface area (Å²) in [7, 11) is 0. The second kappa shape index (κ2) is 11.9. The summed E-state index contributed by atoms with van der Waals surface area (Å²) < 4.78 is 0. The Kier molecular flexibility index (Phi) is 9.85. The molecular weight excluding hydrogens is 288 g/mol. The number of hydrogen-bond donors (Lipinski definition) is 0. The summed E-state index contributed by atoms with van der Waals surface area (Å²) in [5.41, 5.74) is 0. The molecule has 0 amide bonds. The first-order valence-corrected chi connectivity index (χ1v) is 11.1. The Hall–Kier alpha value is -0.520. The van der Waals surface area contributed by atoms with Gasteiger partial charge in [-0.2, -0.15) is 0 Å². The first-order chi connectivity index (χ1) is 11.8. The van der Waals surface area contributed by atoms with Crippen molar-refractivity contribution in [2.75, 3.05) is 0 Å². The third-order valence-corrected chi connectivity index (χ3v) is 6.92. The van der Waals surface area contributed by atoms with Gasteiger partial charge in [-0.05, 0) is 56.3 Å². The molecule has 0 saturated heterocycles. The van der Waals surface area contributed by atoms with Crippen molar-refractivity contribution in [1.29, 1.82) is 0 Å². The SMILES string of the molecule is C=CCCC1CCC(CCCCC2CCCCC2CC=CC)CC1. The van der Waals surface area contributed by atoms with Gasteiger partial charge in [0, 0.05) is 0 Å². The van der Waals surface area contributed by atoms with Crippen LogP contribution in [0.15, 0.2) is 24.8 Å². The molecule has 138 valence electrons. The maximum atomic E-state index is 3.87. The Balaban J connectivity index is 1.56. The van der Waals surface area contributed by atoms with Crippen molar-refractivity contribution >= 4 is 0 Å². The molecule has 0 N–H and O–H groups in total. The van der Waals surface area contributed by atoms with Crippen LogP contribution >= 0.6 is 0 Å². The minimum Gasteiger partial charge on any atom is -0.103 e. The van der Waals surface area contributed by atoms with E-state index in [0.29, 0.717) is 0 Å². The number of hydrogen-bond acceptors (Lipinski definition) is 0. The summed E-state index contributed by atoms with van der Waals surface area (Å²) in [6.07, 6.45) is 28.7. The van der Waals surface area contributed by atoms with E-state index in [1.165, 1.54) is 96.3 Å². The zero-order valence-corrected chi connectivity index (χ0v) is 16.4. The summed E-state index contributed by atoms with van der Waals surface area (Å²) >= 11 is 0.